The number of para-hydroxylation sites is 1. The summed E-state index contributed by atoms with van der Waals surface area (Å²) < 4.78 is 0. The topological polar surface area (TPSA) is 87.0 Å². The number of nitrogens with zero attached hydrogens (tertiary/aromatic N) is 1. The number of aliphatic hydroxyl groups is 1. The van der Waals surface area contributed by atoms with Crippen molar-refractivity contribution in [3.8, 4) is 0 Å². The molecule has 5 heteroatoms. The summed E-state index contributed by atoms with van der Waals surface area (Å²) in [4.78, 5) is 7.33. The summed E-state index contributed by atoms with van der Waals surface area (Å²) in [5.74, 6) is 0.457. The molecule has 3 aromatic rings. The molecule has 1 atom stereocenters. The van der Waals surface area contributed by atoms with Crippen LogP contribution in [0.15, 0.2) is 48.8 Å². The van der Waals surface area contributed by atoms with Gasteiger partial charge in [0.15, 0.2) is 0 Å². The lowest BCUT2D eigenvalue weighted by molar-refractivity contribution is 0.160. The van der Waals surface area contributed by atoms with E-state index in [9.17, 15) is 5.11 Å². The Morgan fingerprint density at radius 3 is 2.79 bits per heavy atom. The number of benzene rings is 1. The molecular formula is C19H24N4O. The van der Waals surface area contributed by atoms with Crippen molar-refractivity contribution in [3.05, 3.63) is 59.9 Å². The summed E-state index contributed by atoms with van der Waals surface area (Å²) in [7, 11) is 0. The zero-order chi connectivity index (χ0) is 17.2. The molecule has 0 fully saturated rings. The minimum Gasteiger partial charge on any atom is -0.387 e. The predicted octanol–water partition coefficient (Wildman–Crippen LogP) is 2.79. The van der Waals surface area contributed by atoms with Gasteiger partial charge in [-0.3, -0.25) is 0 Å². The second kappa shape index (κ2) is 6.63. The molecule has 0 spiro atoms. The van der Waals surface area contributed by atoms with E-state index in [0.29, 0.717) is 12.4 Å². The second-order valence-corrected chi connectivity index (χ2v) is 6.83. The average molecular weight is 324 g/mol. The van der Waals surface area contributed by atoms with Gasteiger partial charge in [-0.05, 0) is 38.0 Å². The number of hydrogen-bond acceptors (Lipinski definition) is 4. The quantitative estimate of drug-likeness (QED) is 0.561. The highest BCUT2D eigenvalue weighted by Crippen LogP contribution is 2.23. The number of nitrogens with two attached hydrogens (primary N) is 1. The SMILES string of the molecule is CC(C)(Cc1c[nH]c2ccccc12)NCC(O)c1ccc(N)nc1. The van der Waals surface area contributed by atoms with E-state index in [2.05, 4.69) is 53.5 Å². The number of β-amino-alcohol motifs (C(OH)–C–C–N with tert-alkyl or cyclic N) is 1. The van der Waals surface area contributed by atoms with Crippen LogP contribution in [-0.2, 0) is 6.42 Å². The molecule has 0 aliphatic heterocycles. The molecule has 24 heavy (non-hydrogen) atoms. The fourth-order valence-corrected chi connectivity index (χ4v) is 2.92. The largest absolute Gasteiger partial charge is 0.387 e. The summed E-state index contributed by atoms with van der Waals surface area (Å²) in [6.07, 6.45) is 3.94. The summed E-state index contributed by atoms with van der Waals surface area (Å²) in [5.41, 5.74) is 8.62. The molecule has 3 rings (SSSR count). The molecule has 0 saturated carbocycles. The van der Waals surface area contributed by atoms with E-state index in [1.165, 1.54) is 10.9 Å². The van der Waals surface area contributed by atoms with Gasteiger partial charge >= 0.3 is 0 Å². The van der Waals surface area contributed by atoms with Gasteiger partial charge in [-0.25, -0.2) is 4.98 Å². The molecule has 5 N–H and O–H groups in total. The Morgan fingerprint density at radius 1 is 1.25 bits per heavy atom. The van der Waals surface area contributed by atoms with Crippen LogP contribution in [-0.4, -0.2) is 27.2 Å². The Bertz CT molecular complexity index is 808. The summed E-state index contributed by atoms with van der Waals surface area (Å²) >= 11 is 0. The summed E-state index contributed by atoms with van der Waals surface area (Å²) in [5, 5.41) is 15.0. The van der Waals surface area contributed by atoms with Crippen LogP contribution in [0.2, 0.25) is 0 Å². The summed E-state index contributed by atoms with van der Waals surface area (Å²) in [6, 6.07) is 11.8. The Balaban J connectivity index is 1.64. The molecule has 5 nitrogen and oxygen atoms in total. The number of fused-ring (bicyclic) bond motifs is 1. The number of aliphatic hydroxyl groups excluding tert-OH is 1. The number of nitrogen functional groups attached to an aromatic ring is 1. The maximum atomic E-state index is 10.3. The molecule has 0 saturated heterocycles. The van der Waals surface area contributed by atoms with Crippen molar-refractivity contribution in [1.29, 1.82) is 0 Å². The molecule has 1 aromatic carbocycles. The second-order valence-electron chi connectivity index (χ2n) is 6.83. The van der Waals surface area contributed by atoms with Crippen LogP contribution in [0.5, 0.6) is 0 Å². The molecule has 2 heterocycles. The Morgan fingerprint density at radius 2 is 2.04 bits per heavy atom. The van der Waals surface area contributed by atoms with Gasteiger partial charge in [-0.1, -0.05) is 24.3 Å². The number of H-pyrrole nitrogens is 1. The van der Waals surface area contributed by atoms with Crippen molar-refractivity contribution in [2.75, 3.05) is 12.3 Å². The van der Waals surface area contributed by atoms with E-state index in [-0.39, 0.29) is 5.54 Å². The van der Waals surface area contributed by atoms with E-state index >= 15 is 0 Å². The standard InChI is InChI=1S/C19H24N4O/c1-19(2,9-14-11-21-16-6-4-3-5-15(14)16)23-12-17(24)13-7-8-18(20)22-10-13/h3-8,10-11,17,21,23-24H,9,12H2,1-2H3,(H2,20,22). The highest BCUT2D eigenvalue weighted by atomic mass is 16.3. The molecule has 0 bridgehead atoms. The Kier molecular flexibility index (Phi) is 4.55. The number of aromatic amines is 1. The minimum atomic E-state index is -0.611. The monoisotopic (exact) mass is 324 g/mol. The molecular weight excluding hydrogens is 300 g/mol. The zero-order valence-electron chi connectivity index (χ0n) is 14.1. The third-order valence-corrected chi connectivity index (χ3v) is 4.28. The van der Waals surface area contributed by atoms with E-state index in [1.54, 1.807) is 18.3 Å². The van der Waals surface area contributed by atoms with Crippen molar-refractivity contribution in [1.82, 2.24) is 15.3 Å². The van der Waals surface area contributed by atoms with Crippen LogP contribution >= 0.6 is 0 Å². The van der Waals surface area contributed by atoms with Crippen molar-refractivity contribution >= 4 is 16.7 Å². The fraction of sp³-hybridized carbons (Fsp3) is 0.316. The van der Waals surface area contributed by atoms with E-state index in [1.807, 2.05) is 6.07 Å². The smallest absolute Gasteiger partial charge is 0.123 e. The molecule has 2 aromatic heterocycles. The van der Waals surface area contributed by atoms with Gasteiger partial charge in [0.1, 0.15) is 5.82 Å². The first kappa shape index (κ1) is 16.5. The van der Waals surface area contributed by atoms with Gasteiger partial charge < -0.3 is 21.1 Å². The van der Waals surface area contributed by atoms with Crippen LogP contribution in [0.4, 0.5) is 5.82 Å². The highest BCUT2D eigenvalue weighted by Gasteiger charge is 2.21. The number of pyridine rings is 1. The van der Waals surface area contributed by atoms with Crippen LogP contribution < -0.4 is 11.1 Å². The van der Waals surface area contributed by atoms with Crippen molar-refractivity contribution < 1.29 is 5.11 Å². The predicted molar refractivity (Wildman–Crippen MR) is 97.7 cm³/mol. The van der Waals surface area contributed by atoms with Gasteiger partial charge in [0.25, 0.3) is 0 Å². The van der Waals surface area contributed by atoms with E-state index in [0.717, 1.165) is 17.5 Å². The van der Waals surface area contributed by atoms with Crippen LogP contribution in [0.3, 0.4) is 0 Å². The van der Waals surface area contributed by atoms with Gasteiger partial charge in [-0.15, -0.1) is 0 Å². The molecule has 0 aliphatic rings. The lowest BCUT2D eigenvalue weighted by atomic mass is 9.94. The zero-order valence-corrected chi connectivity index (χ0v) is 14.1. The van der Waals surface area contributed by atoms with Crippen molar-refractivity contribution in [3.63, 3.8) is 0 Å². The highest BCUT2D eigenvalue weighted by molar-refractivity contribution is 5.83. The van der Waals surface area contributed by atoms with Crippen molar-refractivity contribution in [2.24, 2.45) is 0 Å². The lowest BCUT2D eigenvalue weighted by Gasteiger charge is -2.28. The lowest BCUT2D eigenvalue weighted by Crippen LogP contribution is -2.43. The first-order chi connectivity index (χ1) is 11.4. The number of rotatable bonds is 6. The third kappa shape index (κ3) is 3.75. The Labute approximate surface area is 141 Å². The molecule has 126 valence electrons. The maximum absolute atomic E-state index is 10.3. The van der Waals surface area contributed by atoms with E-state index in [4.69, 9.17) is 5.73 Å². The molecule has 0 aliphatic carbocycles. The maximum Gasteiger partial charge on any atom is 0.123 e. The van der Waals surface area contributed by atoms with Crippen LogP contribution in [0.25, 0.3) is 10.9 Å². The molecule has 1 unspecified atom stereocenters. The number of nitrogens with one attached hydrogen (secondary N) is 2. The summed E-state index contributed by atoms with van der Waals surface area (Å²) in [6.45, 7) is 4.74. The van der Waals surface area contributed by atoms with Gasteiger partial charge in [0.05, 0.1) is 6.10 Å². The van der Waals surface area contributed by atoms with Crippen LogP contribution in [0, 0.1) is 0 Å². The van der Waals surface area contributed by atoms with E-state index < -0.39 is 6.10 Å². The number of hydrogen-bond donors (Lipinski definition) is 4. The Hall–Kier alpha value is -2.37. The third-order valence-electron chi connectivity index (χ3n) is 4.28. The van der Waals surface area contributed by atoms with Gasteiger partial charge in [0, 0.05) is 40.9 Å². The van der Waals surface area contributed by atoms with Crippen LogP contribution in [0.1, 0.15) is 31.1 Å². The van der Waals surface area contributed by atoms with Gasteiger partial charge in [0.2, 0.25) is 0 Å². The minimum absolute atomic E-state index is 0.146. The number of anilines is 1. The van der Waals surface area contributed by atoms with Gasteiger partial charge in [-0.2, -0.15) is 0 Å². The fourth-order valence-electron chi connectivity index (χ4n) is 2.92. The van der Waals surface area contributed by atoms with Crippen molar-refractivity contribution in [2.45, 2.75) is 31.9 Å². The first-order valence-corrected chi connectivity index (χ1v) is 8.14. The number of aromatic nitrogens is 2. The molecule has 0 amide bonds. The molecule has 0 radical (unpaired) electrons. The average Bonchev–Trinajstić information content (AvgIpc) is 2.96. The normalized spacial score (nSPS) is 13.3. The first-order valence-electron chi connectivity index (χ1n) is 8.14.